The van der Waals surface area contributed by atoms with Gasteiger partial charge in [-0.25, -0.2) is 9.79 Å². The largest absolute Gasteiger partial charge is 0.462 e. The summed E-state index contributed by atoms with van der Waals surface area (Å²) in [7, 11) is 0. The maximum absolute atomic E-state index is 12.5. The number of hydrogen-bond donors (Lipinski definition) is 0. The Morgan fingerprint density at radius 2 is 1.92 bits per heavy atom. The van der Waals surface area contributed by atoms with Crippen molar-refractivity contribution >= 4 is 40.1 Å². The van der Waals surface area contributed by atoms with E-state index in [-0.39, 0.29) is 18.2 Å². The van der Waals surface area contributed by atoms with Crippen molar-refractivity contribution < 1.29 is 19.1 Å². The van der Waals surface area contributed by atoms with Crippen LogP contribution >= 0.6 is 11.3 Å². The van der Waals surface area contributed by atoms with Gasteiger partial charge in [-0.1, -0.05) is 30.3 Å². The summed E-state index contributed by atoms with van der Waals surface area (Å²) in [6.07, 6.45) is 2.78. The zero-order valence-corrected chi connectivity index (χ0v) is 15.3. The molecule has 6 heteroatoms. The third-order valence-electron chi connectivity index (χ3n) is 4.22. The molecule has 26 heavy (non-hydrogen) atoms. The molecule has 5 nitrogen and oxygen atoms in total. The highest BCUT2D eigenvalue weighted by atomic mass is 32.1. The van der Waals surface area contributed by atoms with E-state index in [1.165, 1.54) is 17.6 Å². The molecule has 1 fully saturated rings. The molecule has 3 rings (SSSR count). The van der Waals surface area contributed by atoms with E-state index in [0.717, 1.165) is 11.1 Å². The molecule has 0 amide bonds. The fraction of sp³-hybridized carbons (Fsp3) is 0.300. The molecular formula is C20H19NO4S. The Kier molecular flexibility index (Phi) is 5.73. The summed E-state index contributed by atoms with van der Waals surface area (Å²) in [5.41, 5.74) is 2.00. The number of rotatable bonds is 5. The number of thiophene rings is 1. The van der Waals surface area contributed by atoms with Gasteiger partial charge in [-0.2, -0.15) is 0 Å². The van der Waals surface area contributed by atoms with Crippen molar-refractivity contribution in [1.29, 1.82) is 0 Å². The molecule has 1 saturated carbocycles. The highest BCUT2D eigenvalue weighted by Gasteiger charge is 2.29. The second-order valence-electron chi connectivity index (χ2n) is 5.96. The molecule has 0 spiro atoms. The quantitative estimate of drug-likeness (QED) is 0.449. The first-order valence-corrected chi connectivity index (χ1v) is 9.43. The number of benzene rings is 1. The molecule has 2 aromatic rings. The van der Waals surface area contributed by atoms with Gasteiger partial charge in [0.25, 0.3) is 0 Å². The van der Waals surface area contributed by atoms with Crippen LogP contribution in [-0.4, -0.2) is 30.4 Å². The number of esters is 1. The zero-order chi connectivity index (χ0) is 18.5. The van der Waals surface area contributed by atoms with Crippen molar-refractivity contribution in [1.82, 2.24) is 0 Å². The topological polar surface area (TPSA) is 72.8 Å². The van der Waals surface area contributed by atoms with Crippen molar-refractivity contribution in [2.24, 2.45) is 10.9 Å². The molecule has 0 atom stereocenters. The van der Waals surface area contributed by atoms with Crippen LogP contribution in [0.15, 0.2) is 40.7 Å². The van der Waals surface area contributed by atoms with Crippen molar-refractivity contribution in [2.75, 3.05) is 6.61 Å². The van der Waals surface area contributed by atoms with Gasteiger partial charge in [-0.15, -0.1) is 11.3 Å². The van der Waals surface area contributed by atoms with Crippen molar-refractivity contribution in [2.45, 2.75) is 26.2 Å². The second-order valence-corrected chi connectivity index (χ2v) is 6.82. The van der Waals surface area contributed by atoms with E-state index in [9.17, 15) is 14.4 Å². The minimum absolute atomic E-state index is 0.109. The number of nitrogens with zero attached hydrogens (tertiary/aromatic N) is 1. The molecule has 0 unspecified atom stereocenters. The number of ketones is 2. The summed E-state index contributed by atoms with van der Waals surface area (Å²) in [5.74, 6) is -1.48. The summed E-state index contributed by atoms with van der Waals surface area (Å²) in [5, 5.41) is 2.30. The molecule has 0 radical (unpaired) electrons. The summed E-state index contributed by atoms with van der Waals surface area (Å²) in [4.78, 5) is 40.8. The third-order valence-corrected chi connectivity index (χ3v) is 5.10. The Balaban J connectivity index is 1.98. The van der Waals surface area contributed by atoms with Gasteiger partial charge < -0.3 is 4.74 Å². The van der Waals surface area contributed by atoms with Crippen molar-refractivity contribution in [3.8, 4) is 11.1 Å². The first kappa shape index (κ1) is 18.2. The first-order valence-electron chi connectivity index (χ1n) is 8.55. The van der Waals surface area contributed by atoms with Gasteiger partial charge in [-0.05, 0) is 18.9 Å². The Morgan fingerprint density at radius 3 is 2.58 bits per heavy atom. The third kappa shape index (κ3) is 3.80. The van der Waals surface area contributed by atoms with E-state index in [1.807, 2.05) is 35.7 Å². The van der Waals surface area contributed by atoms with E-state index >= 15 is 0 Å². The second kappa shape index (κ2) is 8.19. The van der Waals surface area contributed by atoms with Crippen LogP contribution in [0.4, 0.5) is 5.00 Å². The number of aliphatic imine (C=N–C) groups is 1. The molecule has 134 valence electrons. The minimum Gasteiger partial charge on any atom is -0.462 e. The Bertz CT molecular complexity index is 838. The van der Waals surface area contributed by atoms with E-state index in [4.69, 9.17) is 4.74 Å². The van der Waals surface area contributed by atoms with Gasteiger partial charge in [-0.3, -0.25) is 9.59 Å². The first-order chi connectivity index (χ1) is 12.6. The Labute approximate surface area is 155 Å². The van der Waals surface area contributed by atoms with Gasteiger partial charge in [0.2, 0.25) is 0 Å². The molecule has 1 aromatic heterocycles. The lowest BCUT2D eigenvalue weighted by Gasteiger charge is -2.14. The number of ether oxygens (including phenoxy) is 1. The SMILES string of the molecule is CCOC(=O)c1c(-c2ccccc2)csc1N=CC1C(=O)CCCC1=O. The minimum atomic E-state index is -0.805. The Hall–Kier alpha value is -2.60. The van der Waals surface area contributed by atoms with Gasteiger partial charge >= 0.3 is 5.97 Å². The maximum atomic E-state index is 12.5. The van der Waals surface area contributed by atoms with Crippen LogP contribution < -0.4 is 0 Å². The highest BCUT2D eigenvalue weighted by Crippen LogP contribution is 2.38. The van der Waals surface area contributed by atoms with Gasteiger partial charge in [0.05, 0.1) is 6.61 Å². The molecule has 0 N–H and O–H groups in total. The highest BCUT2D eigenvalue weighted by molar-refractivity contribution is 7.14. The van der Waals surface area contributed by atoms with Crippen molar-refractivity contribution in [3.63, 3.8) is 0 Å². The average molecular weight is 369 g/mol. The lowest BCUT2D eigenvalue weighted by atomic mass is 9.88. The predicted molar refractivity (Wildman–Crippen MR) is 101 cm³/mol. The zero-order valence-electron chi connectivity index (χ0n) is 14.4. The molecular weight excluding hydrogens is 350 g/mol. The molecule has 0 saturated heterocycles. The van der Waals surface area contributed by atoms with E-state index in [2.05, 4.69) is 4.99 Å². The number of carbonyl (C=O) groups is 3. The van der Waals surface area contributed by atoms with E-state index < -0.39 is 11.9 Å². The van der Waals surface area contributed by atoms with Crippen LogP contribution in [0.25, 0.3) is 11.1 Å². The molecule has 1 aliphatic carbocycles. The number of carbonyl (C=O) groups excluding carboxylic acids is 3. The summed E-state index contributed by atoms with van der Waals surface area (Å²) >= 11 is 1.29. The van der Waals surface area contributed by atoms with Crippen LogP contribution in [0.5, 0.6) is 0 Å². The molecule has 0 aliphatic heterocycles. The molecule has 1 heterocycles. The Morgan fingerprint density at radius 1 is 1.23 bits per heavy atom. The summed E-state index contributed by atoms with van der Waals surface area (Å²) in [6.45, 7) is 2.00. The number of Topliss-reactive ketones (excluding diaryl/α,β-unsaturated/α-hetero) is 2. The fourth-order valence-corrected chi connectivity index (χ4v) is 3.83. The van der Waals surface area contributed by atoms with Crippen LogP contribution in [0.2, 0.25) is 0 Å². The van der Waals surface area contributed by atoms with Gasteiger partial charge in [0.1, 0.15) is 28.0 Å². The van der Waals surface area contributed by atoms with Gasteiger partial charge in [0.15, 0.2) is 0 Å². The molecule has 0 bridgehead atoms. The lowest BCUT2D eigenvalue weighted by Crippen LogP contribution is -2.29. The maximum Gasteiger partial charge on any atom is 0.341 e. The fourth-order valence-electron chi connectivity index (χ4n) is 2.91. The van der Waals surface area contributed by atoms with Crippen LogP contribution in [-0.2, 0) is 14.3 Å². The van der Waals surface area contributed by atoms with Crippen LogP contribution in [0.1, 0.15) is 36.5 Å². The van der Waals surface area contributed by atoms with E-state index in [0.29, 0.717) is 29.8 Å². The lowest BCUT2D eigenvalue weighted by molar-refractivity contribution is -0.132. The standard InChI is InChI=1S/C20H19NO4S/c1-2-25-20(24)18-15(13-7-4-3-5-8-13)12-26-19(18)21-11-14-16(22)9-6-10-17(14)23/h3-5,7-8,11-12,14H,2,6,9-10H2,1H3. The van der Waals surface area contributed by atoms with E-state index in [1.54, 1.807) is 6.92 Å². The normalized spacial score (nSPS) is 15.6. The summed E-state index contributed by atoms with van der Waals surface area (Å²) < 4.78 is 5.18. The van der Waals surface area contributed by atoms with Gasteiger partial charge in [0, 0.05) is 30.0 Å². The smallest absolute Gasteiger partial charge is 0.341 e. The van der Waals surface area contributed by atoms with Crippen LogP contribution in [0.3, 0.4) is 0 Å². The molecule has 1 aromatic carbocycles. The monoisotopic (exact) mass is 369 g/mol. The molecule has 1 aliphatic rings. The van der Waals surface area contributed by atoms with Crippen molar-refractivity contribution in [3.05, 3.63) is 41.3 Å². The summed E-state index contributed by atoms with van der Waals surface area (Å²) in [6, 6.07) is 9.51. The predicted octanol–water partition coefficient (Wildman–Crippen LogP) is 4.23. The number of hydrogen-bond acceptors (Lipinski definition) is 6. The van der Waals surface area contributed by atoms with Crippen LogP contribution in [0, 0.1) is 5.92 Å². The average Bonchev–Trinajstić information content (AvgIpc) is 3.06.